The number of benzene rings is 3. The van der Waals surface area contributed by atoms with Gasteiger partial charge < -0.3 is 9.47 Å². The van der Waals surface area contributed by atoms with Gasteiger partial charge >= 0.3 is 0 Å². The molecule has 6 rings (SSSR count). The summed E-state index contributed by atoms with van der Waals surface area (Å²) in [5, 5.41) is 0. The van der Waals surface area contributed by atoms with Crippen LogP contribution in [0.4, 0.5) is 0 Å². The van der Waals surface area contributed by atoms with Crippen LogP contribution in [0.3, 0.4) is 0 Å². The lowest BCUT2D eigenvalue weighted by Gasteiger charge is -2.26. The summed E-state index contributed by atoms with van der Waals surface area (Å²) in [7, 11) is 1.77. The summed E-state index contributed by atoms with van der Waals surface area (Å²) in [6.45, 7) is 6.36. The van der Waals surface area contributed by atoms with Crippen LogP contribution in [0.1, 0.15) is 65.0 Å². The summed E-state index contributed by atoms with van der Waals surface area (Å²) in [6.07, 6.45) is 6.20. The number of rotatable bonds is 6. The summed E-state index contributed by atoms with van der Waals surface area (Å²) >= 11 is 0. The third kappa shape index (κ3) is 4.16. The van der Waals surface area contributed by atoms with Crippen molar-refractivity contribution in [2.24, 2.45) is 0 Å². The maximum Gasteiger partial charge on any atom is 0.122 e. The smallest absolute Gasteiger partial charge is 0.122 e. The number of aryl methyl sites for hydroxylation is 2. The Hall–Kier alpha value is -3.04. The molecule has 0 aromatic heterocycles. The van der Waals surface area contributed by atoms with Crippen molar-refractivity contribution in [1.82, 2.24) is 4.90 Å². The van der Waals surface area contributed by atoms with Gasteiger partial charge in [0.2, 0.25) is 0 Å². The van der Waals surface area contributed by atoms with Gasteiger partial charge in [-0.3, -0.25) is 4.90 Å². The van der Waals surface area contributed by atoms with Crippen molar-refractivity contribution >= 4 is 11.1 Å². The second kappa shape index (κ2) is 9.54. The maximum atomic E-state index is 6.14. The lowest BCUT2D eigenvalue weighted by atomic mass is 9.80. The number of likely N-dealkylation sites (tertiary alicyclic amines) is 1. The van der Waals surface area contributed by atoms with Crippen LogP contribution in [0, 0.1) is 6.92 Å². The molecule has 3 heteroatoms. The second-order valence-corrected chi connectivity index (χ2v) is 10.2. The number of hydrogen-bond donors (Lipinski definition) is 0. The molecule has 0 bridgehead atoms. The van der Waals surface area contributed by atoms with Gasteiger partial charge in [-0.15, -0.1) is 0 Å². The number of piperidine rings is 1. The molecule has 35 heavy (non-hydrogen) atoms. The zero-order valence-electron chi connectivity index (χ0n) is 21.0. The van der Waals surface area contributed by atoms with E-state index in [9.17, 15) is 0 Å². The average Bonchev–Trinajstić information content (AvgIpc) is 3.22. The van der Waals surface area contributed by atoms with Crippen LogP contribution in [0.25, 0.3) is 11.1 Å². The molecule has 1 unspecified atom stereocenters. The highest BCUT2D eigenvalue weighted by Crippen LogP contribution is 2.55. The largest absolute Gasteiger partial charge is 0.496 e. The van der Waals surface area contributed by atoms with E-state index in [0.29, 0.717) is 0 Å². The zero-order valence-corrected chi connectivity index (χ0v) is 21.0. The normalized spacial score (nSPS) is 19.2. The fraction of sp³-hybridized carbons (Fsp3) is 0.375. The van der Waals surface area contributed by atoms with E-state index < -0.39 is 0 Å². The molecule has 0 radical (unpaired) electrons. The topological polar surface area (TPSA) is 21.7 Å². The molecule has 1 atom stereocenters. The number of fused-ring (bicyclic) bond motifs is 4. The van der Waals surface area contributed by atoms with Crippen molar-refractivity contribution < 1.29 is 9.47 Å². The molecule has 0 amide bonds. The van der Waals surface area contributed by atoms with E-state index in [0.717, 1.165) is 37.5 Å². The predicted octanol–water partition coefficient (Wildman–Crippen LogP) is 6.87. The van der Waals surface area contributed by atoms with Gasteiger partial charge in [0, 0.05) is 12.5 Å². The van der Waals surface area contributed by atoms with Gasteiger partial charge in [0.05, 0.1) is 7.11 Å². The summed E-state index contributed by atoms with van der Waals surface area (Å²) in [4.78, 5) is 2.53. The number of allylic oxidation sites excluding steroid dienone is 2. The quantitative estimate of drug-likeness (QED) is 0.396. The van der Waals surface area contributed by atoms with E-state index in [-0.39, 0.29) is 5.92 Å². The summed E-state index contributed by atoms with van der Waals surface area (Å²) < 4.78 is 11.9. The first-order valence-corrected chi connectivity index (χ1v) is 13.2. The highest BCUT2D eigenvalue weighted by Gasteiger charge is 2.36. The Morgan fingerprint density at radius 3 is 2.49 bits per heavy atom. The Labute approximate surface area is 209 Å². The molecular formula is C32H35NO2. The molecule has 2 aliphatic carbocycles. The first-order chi connectivity index (χ1) is 17.2. The molecule has 180 valence electrons. The summed E-state index contributed by atoms with van der Waals surface area (Å²) in [6, 6.07) is 22.5. The number of nitrogens with zero attached hydrogens (tertiary/aromatic N) is 1. The Morgan fingerprint density at radius 2 is 1.69 bits per heavy atom. The number of ether oxygens (including phenoxy) is 2. The first kappa shape index (κ1) is 22.4. The molecular weight excluding hydrogens is 430 g/mol. The van der Waals surface area contributed by atoms with E-state index in [4.69, 9.17) is 9.47 Å². The summed E-state index contributed by atoms with van der Waals surface area (Å²) in [5.74, 6) is 2.19. The van der Waals surface area contributed by atoms with Gasteiger partial charge in [-0.05, 0) is 108 Å². The van der Waals surface area contributed by atoms with Crippen LogP contribution in [-0.2, 0) is 6.42 Å². The number of hydrogen-bond acceptors (Lipinski definition) is 3. The van der Waals surface area contributed by atoms with E-state index in [1.54, 1.807) is 7.11 Å². The Balaban J connectivity index is 1.31. The van der Waals surface area contributed by atoms with Gasteiger partial charge in [-0.2, -0.15) is 0 Å². The molecule has 0 N–H and O–H groups in total. The molecule has 3 aromatic rings. The van der Waals surface area contributed by atoms with E-state index >= 15 is 0 Å². The minimum Gasteiger partial charge on any atom is -0.496 e. The fourth-order valence-corrected chi connectivity index (χ4v) is 6.33. The Bertz CT molecular complexity index is 1250. The van der Waals surface area contributed by atoms with Gasteiger partial charge in [0.25, 0.3) is 0 Å². The monoisotopic (exact) mass is 465 g/mol. The molecule has 1 heterocycles. The molecule has 3 nitrogen and oxygen atoms in total. The Kier molecular flexibility index (Phi) is 6.12. The standard InChI is InChI=1S/C32H35NO2/c1-22-20-29-28(21-30(22)34-2)27-15-12-23-8-4-5-9-26(23)32(27)31(29)24-10-13-25(14-11-24)35-19-18-33-16-6-3-7-17-33/h4-5,8-11,13-14,20-21,31H,3,6-7,12,15-19H2,1-2H3. The SMILES string of the molecule is COc1cc2c(cc1C)C(c1ccc(OCCN3CCCCC3)cc1)C1=C2CCc2ccccc21. The maximum absolute atomic E-state index is 6.14. The van der Waals surface area contributed by atoms with E-state index in [1.165, 1.54) is 76.9 Å². The van der Waals surface area contributed by atoms with Crippen LogP contribution < -0.4 is 9.47 Å². The number of methoxy groups -OCH3 is 1. The van der Waals surface area contributed by atoms with Crippen LogP contribution in [0.5, 0.6) is 11.5 Å². The Morgan fingerprint density at radius 1 is 0.886 bits per heavy atom. The molecule has 1 aliphatic heterocycles. The molecule has 1 fully saturated rings. The van der Waals surface area contributed by atoms with Gasteiger partial charge in [0.1, 0.15) is 18.1 Å². The van der Waals surface area contributed by atoms with Crippen molar-refractivity contribution in [3.05, 3.63) is 94.0 Å². The van der Waals surface area contributed by atoms with Crippen molar-refractivity contribution in [1.29, 1.82) is 0 Å². The lowest BCUT2D eigenvalue weighted by molar-refractivity contribution is 0.183. The zero-order chi connectivity index (χ0) is 23.8. The molecule has 3 aromatic carbocycles. The molecule has 3 aliphatic rings. The van der Waals surface area contributed by atoms with Gasteiger partial charge in [0.15, 0.2) is 0 Å². The molecule has 1 saturated heterocycles. The fourth-order valence-electron chi connectivity index (χ4n) is 6.33. The molecule has 0 spiro atoms. The lowest BCUT2D eigenvalue weighted by Crippen LogP contribution is -2.33. The minimum absolute atomic E-state index is 0.244. The van der Waals surface area contributed by atoms with E-state index in [1.807, 2.05) is 0 Å². The van der Waals surface area contributed by atoms with Crippen LogP contribution in [-0.4, -0.2) is 38.3 Å². The minimum atomic E-state index is 0.244. The highest BCUT2D eigenvalue weighted by molar-refractivity contribution is 6.03. The van der Waals surface area contributed by atoms with E-state index in [2.05, 4.69) is 72.5 Å². The average molecular weight is 466 g/mol. The summed E-state index contributed by atoms with van der Waals surface area (Å²) in [5.41, 5.74) is 11.1. The van der Waals surface area contributed by atoms with Gasteiger partial charge in [-0.25, -0.2) is 0 Å². The second-order valence-electron chi connectivity index (χ2n) is 10.2. The van der Waals surface area contributed by atoms with Crippen LogP contribution in [0.15, 0.2) is 60.7 Å². The third-order valence-electron chi connectivity index (χ3n) is 8.11. The first-order valence-electron chi connectivity index (χ1n) is 13.2. The van der Waals surface area contributed by atoms with Crippen molar-refractivity contribution in [3.63, 3.8) is 0 Å². The van der Waals surface area contributed by atoms with Crippen LogP contribution in [0.2, 0.25) is 0 Å². The third-order valence-corrected chi connectivity index (χ3v) is 8.11. The molecule has 0 saturated carbocycles. The van der Waals surface area contributed by atoms with Crippen molar-refractivity contribution in [3.8, 4) is 11.5 Å². The highest BCUT2D eigenvalue weighted by atomic mass is 16.5. The van der Waals surface area contributed by atoms with Gasteiger partial charge in [-0.1, -0.05) is 48.9 Å². The van der Waals surface area contributed by atoms with Crippen molar-refractivity contribution in [2.75, 3.05) is 33.4 Å². The van der Waals surface area contributed by atoms with Crippen molar-refractivity contribution in [2.45, 2.75) is 44.9 Å². The van der Waals surface area contributed by atoms with Crippen LogP contribution >= 0.6 is 0 Å². The predicted molar refractivity (Wildman–Crippen MR) is 143 cm³/mol.